The number of rotatable bonds is 3. The van der Waals surface area contributed by atoms with Gasteiger partial charge in [-0.1, -0.05) is 23.7 Å². The van der Waals surface area contributed by atoms with E-state index < -0.39 is 5.97 Å². The first-order valence-corrected chi connectivity index (χ1v) is 6.22. The molecule has 0 atom stereocenters. The van der Waals surface area contributed by atoms with Gasteiger partial charge in [0.15, 0.2) is 5.69 Å². The van der Waals surface area contributed by atoms with Crippen molar-refractivity contribution in [2.75, 3.05) is 7.11 Å². The van der Waals surface area contributed by atoms with E-state index in [1.54, 1.807) is 5.38 Å². The minimum Gasteiger partial charge on any atom is -0.464 e. The van der Waals surface area contributed by atoms with Crippen LogP contribution in [0.2, 0.25) is 5.02 Å². The lowest BCUT2D eigenvalue weighted by Gasteiger charge is -1.97. The van der Waals surface area contributed by atoms with E-state index in [9.17, 15) is 4.79 Å². The monoisotopic (exact) mass is 267 g/mol. The highest BCUT2D eigenvalue weighted by Gasteiger charge is 2.10. The molecule has 17 heavy (non-hydrogen) atoms. The quantitative estimate of drug-likeness (QED) is 0.802. The van der Waals surface area contributed by atoms with E-state index in [-0.39, 0.29) is 0 Å². The van der Waals surface area contributed by atoms with E-state index in [2.05, 4.69) is 9.72 Å². The van der Waals surface area contributed by atoms with Crippen molar-refractivity contribution >= 4 is 28.9 Å². The number of aromatic nitrogens is 1. The van der Waals surface area contributed by atoms with Crippen LogP contribution in [0.5, 0.6) is 0 Å². The Bertz CT molecular complexity index is 522. The number of nitrogens with zero attached hydrogens (tertiary/aromatic N) is 1. The van der Waals surface area contributed by atoms with Gasteiger partial charge < -0.3 is 4.74 Å². The summed E-state index contributed by atoms with van der Waals surface area (Å²) in [4.78, 5) is 15.4. The smallest absolute Gasteiger partial charge is 0.357 e. The van der Waals surface area contributed by atoms with E-state index in [4.69, 9.17) is 11.6 Å². The van der Waals surface area contributed by atoms with Crippen LogP contribution >= 0.6 is 22.9 Å². The largest absolute Gasteiger partial charge is 0.464 e. The van der Waals surface area contributed by atoms with Gasteiger partial charge in [0.1, 0.15) is 0 Å². The second-order valence-electron chi connectivity index (χ2n) is 3.42. The van der Waals surface area contributed by atoms with E-state index >= 15 is 0 Å². The second kappa shape index (κ2) is 5.29. The summed E-state index contributed by atoms with van der Waals surface area (Å²) in [5, 5.41) is 3.30. The molecular formula is C12H10ClNO2S. The number of benzene rings is 1. The van der Waals surface area contributed by atoms with Crippen molar-refractivity contribution in [2.24, 2.45) is 0 Å². The molecule has 0 saturated heterocycles. The fourth-order valence-electron chi connectivity index (χ4n) is 1.37. The molecule has 0 spiro atoms. The molecule has 0 aliphatic carbocycles. The zero-order chi connectivity index (χ0) is 12.3. The van der Waals surface area contributed by atoms with Gasteiger partial charge in [-0.05, 0) is 17.7 Å². The Morgan fingerprint density at radius 1 is 1.41 bits per heavy atom. The maximum absolute atomic E-state index is 11.2. The number of carbonyl (C=O) groups is 1. The maximum Gasteiger partial charge on any atom is 0.357 e. The lowest BCUT2D eigenvalue weighted by molar-refractivity contribution is 0.0594. The molecule has 0 saturated carbocycles. The minimum atomic E-state index is -0.399. The molecule has 0 amide bonds. The number of halogens is 1. The van der Waals surface area contributed by atoms with Crippen LogP contribution in [0, 0.1) is 0 Å². The van der Waals surface area contributed by atoms with Crippen molar-refractivity contribution in [3.8, 4) is 0 Å². The summed E-state index contributed by atoms with van der Waals surface area (Å²) < 4.78 is 4.60. The molecule has 0 aliphatic heterocycles. The number of methoxy groups -OCH3 is 1. The van der Waals surface area contributed by atoms with E-state index in [1.807, 2.05) is 24.3 Å². The number of thiazole rings is 1. The molecule has 5 heteroatoms. The van der Waals surface area contributed by atoms with E-state index in [0.717, 1.165) is 10.6 Å². The summed E-state index contributed by atoms with van der Waals surface area (Å²) in [5.41, 5.74) is 1.47. The van der Waals surface area contributed by atoms with Gasteiger partial charge in [0.2, 0.25) is 0 Å². The second-order valence-corrected chi connectivity index (χ2v) is 4.80. The highest BCUT2D eigenvalue weighted by Crippen LogP contribution is 2.17. The van der Waals surface area contributed by atoms with Gasteiger partial charge in [0, 0.05) is 16.8 Å². The normalized spacial score (nSPS) is 10.2. The molecule has 3 nitrogen and oxygen atoms in total. The minimum absolute atomic E-state index is 0.362. The lowest BCUT2D eigenvalue weighted by Crippen LogP contribution is -2.01. The van der Waals surface area contributed by atoms with Crippen molar-refractivity contribution in [2.45, 2.75) is 6.42 Å². The number of hydrogen-bond donors (Lipinski definition) is 0. The number of esters is 1. The summed E-state index contributed by atoms with van der Waals surface area (Å²) in [6, 6.07) is 7.57. The molecular weight excluding hydrogens is 258 g/mol. The standard InChI is InChI=1S/C12H10ClNO2S/c1-16-12(15)10-7-17-11(14-10)6-8-2-4-9(13)5-3-8/h2-5,7H,6H2,1H3. The molecule has 88 valence electrons. The topological polar surface area (TPSA) is 39.2 Å². The molecule has 0 unspecified atom stereocenters. The van der Waals surface area contributed by atoms with Crippen LogP contribution in [0.25, 0.3) is 0 Å². The zero-order valence-corrected chi connectivity index (χ0v) is 10.7. The molecule has 0 aliphatic rings. The Hall–Kier alpha value is -1.39. The van der Waals surface area contributed by atoms with Crippen LogP contribution in [0.4, 0.5) is 0 Å². The van der Waals surface area contributed by atoms with Crippen LogP contribution in [-0.2, 0) is 11.2 Å². The fraction of sp³-hybridized carbons (Fsp3) is 0.167. The Balaban J connectivity index is 2.11. The Kier molecular flexibility index (Phi) is 3.76. The summed E-state index contributed by atoms with van der Waals surface area (Å²) in [6.45, 7) is 0. The number of ether oxygens (including phenoxy) is 1. The average Bonchev–Trinajstić information content (AvgIpc) is 2.80. The molecule has 2 rings (SSSR count). The summed E-state index contributed by atoms with van der Waals surface area (Å²) in [6.07, 6.45) is 0.693. The van der Waals surface area contributed by atoms with Crippen molar-refractivity contribution < 1.29 is 9.53 Å². The predicted octanol–water partition coefficient (Wildman–Crippen LogP) is 3.17. The molecule has 1 aromatic heterocycles. The lowest BCUT2D eigenvalue weighted by atomic mass is 10.2. The summed E-state index contributed by atoms with van der Waals surface area (Å²) in [7, 11) is 1.35. The van der Waals surface area contributed by atoms with Gasteiger partial charge in [0.05, 0.1) is 12.1 Å². The first-order valence-electron chi connectivity index (χ1n) is 4.96. The Morgan fingerprint density at radius 3 is 2.76 bits per heavy atom. The van der Waals surface area contributed by atoms with E-state index in [0.29, 0.717) is 17.1 Å². The SMILES string of the molecule is COC(=O)c1csc(Cc2ccc(Cl)cc2)n1. The summed E-state index contributed by atoms with van der Waals surface area (Å²) >= 11 is 7.25. The van der Waals surface area contributed by atoms with Crippen LogP contribution in [0.1, 0.15) is 21.1 Å². The predicted molar refractivity (Wildman–Crippen MR) is 67.7 cm³/mol. The molecule has 0 fully saturated rings. The van der Waals surface area contributed by atoms with E-state index in [1.165, 1.54) is 18.4 Å². The first kappa shape index (κ1) is 12.1. The van der Waals surface area contributed by atoms with Crippen molar-refractivity contribution in [3.05, 3.63) is 50.9 Å². The van der Waals surface area contributed by atoms with Crippen LogP contribution in [0.3, 0.4) is 0 Å². The van der Waals surface area contributed by atoms with Gasteiger partial charge in [-0.15, -0.1) is 11.3 Å². The van der Waals surface area contributed by atoms with Gasteiger partial charge >= 0.3 is 5.97 Å². The molecule has 0 bridgehead atoms. The Morgan fingerprint density at radius 2 is 2.12 bits per heavy atom. The number of hydrogen-bond acceptors (Lipinski definition) is 4. The first-order chi connectivity index (χ1) is 8.19. The average molecular weight is 268 g/mol. The molecule has 1 heterocycles. The molecule has 2 aromatic rings. The third-order valence-electron chi connectivity index (χ3n) is 2.21. The maximum atomic E-state index is 11.2. The van der Waals surface area contributed by atoms with Crippen molar-refractivity contribution in [1.82, 2.24) is 4.98 Å². The Labute approximate surface area is 108 Å². The van der Waals surface area contributed by atoms with Gasteiger partial charge in [-0.2, -0.15) is 0 Å². The zero-order valence-electron chi connectivity index (χ0n) is 9.14. The highest BCUT2D eigenvalue weighted by molar-refractivity contribution is 7.09. The molecule has 0 N–H and O–H groups in total. The van der Waals surface area contributed by atoms with Crippen molar-refractivity contribution in [3.63, 3.8) is 0 Å². The molecule has 0 radical (unpaired) electrons. The van der Waals surface area contributed by atoms with Crippen LogP contribution < -0.4 is 0 Å². The van der Waals surface area contributed by atoms with Crippen molar-refractivity contribution in [1.29, 1.82) is 0 Å². The van der Waals surface area contributed by atoms with Crippen LogP contribution in [0.15, 0.2) is 29.6 Å². The fourth-order valence-corrected chi connectivity index (χ4v) is 2.29. The molecule has 1 aromatic carbocycles. The van der Waals surface area contributed by atoms with Gasteiger partial charge in [0.25, 0.3) is 0 Å². The third kappa shape index (κ3) is 3.05. The van der Waals surface area contributed by atoms with Crippen LogP contribution in [-0.4, -0.2) is 18.1 Å². The number of carbonyl (C=O) groups excluding carboxylic acids is 1. The third-order valence-corrected chi connectivity index (χ3v) is 3.32. The van der Waals surface area contributed by atoms with Gasteiger partial charge in [-0.25, -0.2) is 9.78 Å². The summed E-state index contributed by atoms with van der Waals surface area (Å²) in [5.74, 6) is -0.399. The van der Waals surface area contributed by atoms with Gasteiger partial charge in [-0.3, -0.25) is 0 Å². The highest BCUT2D eigenvalue weighted by atomic mass is 35.5.